The van der Waals surface area contributed by atoms with Crippen LogP contribution >= 0.6 is 23.1 Å². The van der Waals surface area contributed by atoms with Crippen molar-refractivity contribution in [3.63, 3.8) is 0 Å². The molecule has 0 aliphatic heterocycles. The van der Waals surface area contributed by atoms with Gasteiger partial charge in [-0.15, -0.1) is 21.5 Å². The Bertz CT molecular complexity index is 805. The Labute approximate surface area is 145 Å². The van der Waals surface area contributed by atoms with E-state index < -0.39 is 0 Å². The van der Waals surface area contributed by atoms with Crippen LogP contribution in [0.25, 0.3) is 10.6 Å². The molecule has 0 N–H and O–H groups in total. The molecule has 23 heavy (non-hydrogen) atoms. The molecule has 0 aliphatic rings. The summed E-state index contributed by atoms with van der Waals surface area (Å²) in [4.78, 5) is 4.78. The van der Waals surface area contributed by atoms with E-state index in [0.717, 1.165) is 27.4 Å². The van der Waals surface area contributed by atoms with Gasteiger partial charge in [-0.05, 0) is 33.3 Å². The Morgan fingerprint density at radius 3 is 2.70 bits per heavy atom. The first-order valence-corrected chi connectivity index (χ1v) is 9.47. The molecule has 0 spiro atoms. The van der Waals surface area contributed by atoms with Crippen LogP contribution in [0.3, 0.4) is 0 Å². The number of benzene rings is 1. The van der Waals surface area contributed by atoms with Gasteiger partial charge in [0.05, 0.1) is 5.69 Å². The number of hydrogen-bond acceptors (Lipinski definition) is 5. The van der Waals surface area contributed by atoms with Crippen LogP contribution in [0.4, 0.5) is 0 Å². The van der Waals surface area contributed by atoms with Crippen molar-refractivity contribution in [2.75, 3.05) is 0 Å². The maximum absolute atomic E-state index is 4.78. The van der Waals surface area contributed by atoms with E-state index in [1.54, 1.807) is 23.1 Å². The fourth-order valence-electron chi connectivity index (χ4n) is 2.49. The van der Waals surface area contributed by atoms with E-state index >= 15 is 0 Å². The number of aryl methyl sites for hydroxylation is 2. The zero-order chi connectivity index (χ0) is 16.4. The maximum Gasteiger partial charge on any atom is 0.191 e. The van der Waals surface area contributed by atoms with E-state index in [9.17, 15) is 0 Å². The molecule has 3 rings (SSSR count). The highest BCUT2D eigenvalue weighted by Gasteiger charge is 2.13. The van der Waals surface area contributed by atoms with E-state index in [1.807, 2.05) is 6.92 Å². The van der Waals surface area contributed by atoms with E-state index in [-0.39, 0.29) is 0 Å². The van der Waals surface area contributed by atoms with Crippen molar-refractivity contribution in [1.29, 1.82) is 0 Å². The smallest absolute Gasteiger partial charge is 0.191 e. The van der Waals surface area contributed by atoms with E-state index in [2.05, 4.69) is 65.2 Å². The molecule has 0 unspecified atom stereocenters. The Morgan fingerprint density at radius 1 is 1.17 bits per heavy atom. The molecule has 120 valence electrons. The van der Waals surface area contributed by atoms with E-state index in [4.69, 9.17) is 4.98 Å². The number of rotatable bonds is 5. The zero-order valence-corrected chi connectivity index (χ0v) is 15.4. The number of thiazole rings is 1. The van der Waals surface area contributed by atoms with Gasteiger partial charge >= 0.3 is 0 Å². The molecule has 0 saturated heterocycles. The molecule has 0 aliphatic carbocycles. The lowest BCUT2D eigenvalue weighted by molar-refractivity contribution is 0.536. The van der Waals surface area contributed by atoms with Crippen molar-refractivity contribution in [2.24, 2.45) is 0 Å². The van der Waals surface area contributed by atoms with Gasteiger partial charge in [0.1, 0.15) is 10.8 Å². The molecule has 6 heteroatoms. The molecule has 4 nitrogen and oxygen atoms in total. The van der Waals surface area contributed by atoms with Crippen molar-refractivity contribution in [3.05, 3.63) is 46.7 Å². The lowest BCUT2D eigenvalue weighted by Gasteiger charge is -2.11. The molecule has 2 aromatic heterocycles. The highest BCUT2D eigenvalue weighted by molar-refractivity contribution is 7.98. The first-order chi connectivity index (χ1) is 11.1. The van der Waals surface area contributed by atoms with Crippen LogP contribution in [0.1, 0.15) is 37.0 Å². The van der Waals surface area contributed by atoms with Crippen LogP contribution in [0.15, 0.2) is 34.8 Å². The highest BCUT2D eigenvalue weighted by atomic mass is 32.2. The van der Waals surface area contributed by atoms with Gasteiger partial charge in [0, 0.05) is 22.7 Å². The molecule has 3 aromatic rings. The van der Waals surface area contributed by atoms with Crippen molar-refractivity contribution in [3.8, 4) is 10.6 Å². The van der Waals surface area contributed by atoms with E-state index in [1.165, 1.54) is 11.1 Å². The molecule has 0 radical (unpaired) electrons. The average Bonchev–Trinajstić information content (AvgIpc) is 3.12. The van der Waals surface area contributed by atoms with Gasteiger partial charge in [-0.25, -0.2) is 4.98 Å². The number of aromatic nitrogens is 4. The van der Waals surface area contributed by atoms with Crippen LogP contribution in [-0.2, 0) is 5.75 Å². The molecular weight excluding hydrogens is 324 g/mol. The average molecular weight is 345 g/mol. The minimum absolute atomic E-state index is 0.366. The van der Waals surface area contributed by atoms with Crippen LogP contribution in [0, 0.1) is 13.8 Å². The summed E-state index contributed by atoms with van der Waals surface area (Å²) in [5.74, 6) is 1.77. The summed E-state index contributed by atoms with van der Waals surface area (Å²) < 4.78 is 2.17. The first kappa shape index (κ1) is 16.2. The first-order valence-electron chi connectivity index (χ1n) is 7.61. The number of hydrogen-bond donors (Lipinski definition) is 0. The third-order valence-electron chi connectivity index (χ3n) is 3.63. The molecule has 0 fully saturated rings. The number of thioether (sulfide) groups is 1. The molecule has 0 amide bonds. The largest absolute Gasteiger partial charge is 0.304 e. The van der Waals surface area contributed by atoms with Crippen molar-refractivity contribution < 1.29 is 0 Å². The van der Waals surface area contributed by atoms with Crippen LogP contribution in [0.2, 0.25) is 0 Å². The summed E-state index contributed by atoms with van der Waals surface area (Å²) in [7, 11) is 0. The van der Waals surface area contributed by atoms with Gasteiger partial charge in [-0.3, -0.25) is 0 Å². The summed E-state index contributed by atoms with van der Waals surface area (Å²) in [6.07, 6.45) is 0. The molecule has 0 bridgehead atoms. The second kappa shape index (κ2) is 6.84. The summed E-state index contributed by atoms with van der Waals surface area (Å²) >= 11 is 3.40. The molecule has 0 atom stereocenters. The predicted octanol–water partition coefficient (Wildman–Crippen LogP) is 4.89. The second-order valence-corrected chi connectivity index (χ2v) is 7.54. The number of nitrogens with zero attached hydrogens (tertiary/aromatic N) is 4. The quantitative estimate of drug-likeness (QED) is 0.618. The molecule has 2 heterocycles. The summed E-state index contributed by atoms with van der Waals surface area (Å²) in [6.45, 7) is 8.42. The third kappa shape index (κ3) is 3.48. The van der Waals surface area contributed by atoms with Gasteiger partial charge in [0.15, 0.2) is 5.16 Å². The monoisotopic (exact) mass is 344 g/mol. The molecule has 1 aromatic carbocycles. The minimum Gasteiger partial charge on any atom is -0.304 e. The lowest BCUT2D eigenvalue weighted by Crippen LogP contribution is -2.04. The normalized spacial score (nSPS) is 11.3. The third-order valence-corrected chi connectivity index (χ3v) is 5.53. The van der Waals surface area contributed by atoms with Crippen LogP contribution < -0.4 is 0 Å². The van der Waals surface area contributed by atoms with Crippen molar-refractivity contribution in [2.45, 2.75) is 44.6 Å². The highest BCUT2D eigenvalue weighted by Crippen LogP contribution is 2.30. The maximum atomic E-state index is 4.78. The second-order valence-electron chi connectivity index (χ2n) is 5.74. The fraction of sp³-hybridized carbons (Fsp3) is 0.353. The van der Waals surface area contributed by atoms with Gasteiger partial charge in [-0.2, -0.15) is 0 Å². The van der Waals surface area contributed by atoms with Crippen molar-refractivity contribution in [1.82, 2.24) is 19.7 Å². The SMILES string of the molecule is Cc1ccccc1-c1nc(CSc2nnc(C)n2C(C)C)cs1. The summed E-state index contributed by atoms with van der Waals surface area (Å²) in [5, 5.41) is 12.7. The standard InChI is InChI=1S/C17H20N4S2/c1-11(2)21-13(4)19-20-17(21)23-10-14-9-22-16(18-14)15-8-6-5-7-12(15)3/h5-9,11H,10H2,1-4H3. The molecule has 0 saturated carbocycles. The van der Waals surface area contributed by atoms with Gasteiger partial charge in [0.2, 0.25) is 0 Å². The summed E-state index contributed by atoms with van der Waals surface area (Å²) in [5.41, 5.74) is 3.57. The lowest BCUT2D eigenvalue weighted by atomic mass is 10.1. The Balaban J connectivity index is 1.75. The van der Waals surface area contributed by atoms with Gasteiger partial charge < -0.3 is 4.57 Å². The molecular formula is C17H20N4S2. The zero-order valence-electron chi connectivity index (χ0n) is 13.8. The predicted molar refractivity (Wildman–Crippen MR) is 97.0 cm³/mol. The summed E-state index contributed by atoms with van der Waals surface area (Å²) in [6, 6.07) is 8.74. The minimum atomic E-state index is 0.366. The Morgan fingerprint density at radius 2 is 1.96 bits per heavy atom. The Kier molecular flexibility index (Phi) is 4.82. The van der Waals surface area contributed by atoms with Crippen LogP contribution in [0.5, 0.6) is 0 Å². The van der Waals surface area contributed by atoms with Gasteiger partial charge in [-0.1, -0.05) is 36.0 Å². The van der Waals surface area contributed by atoms with E-state index in [0.29, 0.717) is 6.04 Å². The topological polar surface area (TPSA) is 43.6 Å². The fourth-order valence-corrected chi connectivity index (χ4v) is 4.51. The Hall–Kier alpha value is -1.66. The van der Waals surface area contributed by atoms with Crippen LogP contribution in [-0.4, -0.2) is 19.7 Å². The van der Waals surface area contributed by atoms with Crippen molar-refractivity contribution >= 4 is 23.1 Å². The van der Waals surface area contributed by atoms with Gasteiger partial charge in [0.25, 0.3) is 0 Å².